The summed E-state index contributed by atoms with van der Waals surface area (Å²) in [5, 5.41) is 11.0. The highest BCUT2D eigenvalue weighted by Gasteiger charge is 2.31. The molecule has 0 spiro atoms. The van der Waals surface area contributed by atoms with Crippen LogP contribution in [0.2, 0.25) is 5.02 Å². The maximum atomic E-state index is 12.6. The first-order chi connectivity index (χ1) is 12.3. The highest BCUT2D eigenvalue weighted by molar-refractivity contribution is 6.30. The molecule has 0 amide bonds. The van der Waals surface area contributed by atoms with Crippen LogP contribution in [0, 0.1) is 0 Å². The molecule has 26 heavy (non-hydrogen) atoms. The van der Waals surface area contributed by atoms with Crippen LogP contribution in [0.3, 0.4) is 0 Å². The average molecular weight is 386 g/mol. The zero-order valence-corrected chi connectivity index (χ0v) is 14.7. The van der Waals surface area contributed by atoms with Gasteiger partial charge in [0.2, 0.25) is 0 Å². The number of piperazine rings is 1. The minimum atomic E-state index is -4.37. The number of benzene rings is 1. The number of rotatable bonds is 4. The van der Waals surface area contributed by atoms with E-state index in [0.717, 1.165) is 17.8 Å². The van der Waals surface area contributed by atoms with E-state index >= 15 is 0 Å². The second kappa shape index (κ2) is 7.82. The van der Waals surface area contributed by atoms with Gasteiger partial charge in [0.05, 0.1) is 11.7 Å². The Hall–Kier alpha value is -1.83. The number of anilines is 1. The third-order valence-electron chi connectivity index (χ3n) is 4.46. The lowest BCUT2D eigenvalue weighted by molar-refractivity contribution is -0.137. The van der Waals surface area contributed by atoms with Crippen LogP contribution in [0.5, 0.6) is 0 Å². The molecule has 1 unspecified atom stereocenters. The first kappa shape index (κ1) is 18.9. The monoisotopic (exact) mass is 385 g/mol. The van der Waals surface area contributed by atoms with E-state index in [0.29, 0.717) is 43.6 Å². The summed E-state index contributed by atoms with van der Waals surface area (Å²) < 4.78 is 37.8. The number of hydrogen-bond acceptors (Lipinski definition) is 4. The molecule has 1 atom stereocenters. The molecule has 1 saturated heterocycles. The summed E-state index contributed by atoms with van der Waals surface area (Å²) in [4.78, 5) is 8.01. The van der Waals surface area contributed by atoms with Gasteiger partial charge in [0.15, 0.2) is 0 Å². The summed E-state index contributed by atoms with van der Waals surface area (Å²) in [7, 11) is 0. The van der Waals surface area contributed by atoms with Crippen molar-refractivity contribution in [1.82, 2.24) is 9.88 Å². The van der Waals surface area contributed by atoms with Gasteiger partial charge in [0, 0.05) is 43.9 Å². The van der Waals surface area contributed by atoms with Crippen LogP contribution >= 0.6 is 11.6 Å². The maximum absolute atomic E-state index is 12.6. The van der Waals surface area contributed by atoms with Crippen LogP contribution in [0.4, 0.5) is 19.0 Å². The van der Waals surface area contributed by atoms with Crippen LogP contribution in [0.15, 0.2) is 42.6 Å². The number of nitrogens with zero attached hydrogens (tertiary/aromatic N) is 3. The Kier molecular flexibility index (Phi) is 5.70. The predicted octanol–water partition coefficient (Wildman–Crippen LogP) is 3.61. The van der Waals surface area contributed by atoms with Gasteiger partial charge in [-0.2, -0.15) is 13.2 Å². The second-order valence-electron chi connectivity index (χ2n) is 6.26. The number of β-amino-alcohol motifs (C(OH)–C–C–N with tert-alkyl or cyclic N) is 1. The molecule has 1 fully saturated rings. The van der Waals surface area contributed by atoms with Gasteiger partial charge in [-0.25, -0.2) is 4.98 Å². The quantitative estimate of drug-likeness (QED) is 0.872. The summed E-state index contributed by atoms with van der Waals surface area (Å²) >= 11 is 5.85. The molecule has 140 valence electrons. The van der Waals surface area contributed by atoms with Crippen molar-refractivity contribution in [2.75, 3.05) is 37.6 Å². The van der Waals surface area contributed by atoms with Crippen LogP contribution in [0.1, 0.15) is 17.2 Å². The number of aliphatic hydroxyl groups excluding tert-OH is 1. The summed E-state index contributed by atoms with van der Waals surface area (Å²) in [6.45, 7) is 3.19. The molecule has 1 aromatic heterocycles. The normalized spacial score (nSPS) is 17.3. The van der Waals surface area contributed by atoms with E-state index in [9.17, 15) is 18.3 Å². The van der Waals surface area contributed by atoms with Crippen molar-refractivity contribution in [3.63, 3.8) is 0 Å². The highest BCUT2D eigenvalue weighted by Crippen LogP contribution is 2.29. The molecule has 0 aliphatic carbocycles. The van der Waals surface area contributed by atoms with Crippen molar-refractivity contribution >= 4 is 17.4 Å². The zero-order chi connectivity index (χ0) is 18.7. The van der Waals surface area contributed by atoms with Gasteiger partial charge >= 0.3 is 6.18 Å². The predicted molar refractivity (Wildman–Crippen MR) is 94.3 cm³/mol. The topological polar surface area (TPSA) is 39.6 Å². The molecule has 1 aromatic carbocycles. The number of halogens is 4. The lowest BCUT2D eigenvalue weighted by Crippen LogP contribution is -2.47. The number of alkyl halides is 3. The molecular formula is C18H19ClF3N3O. The summed E-state index contributed by atoms with van der Waals surface area (Å²) in [6.07, 6.45) is -4.11. The fourth-order valence-corrected chi connectivity index (χ4v) is 3.06. The summed E-state index contributed by atoms with van der Waals surface area (Å²) in [5.74, 6) is 0.538. The Bertz CT molecular complexity index is 714. The van der Waals surface area contributed by atoms with Gasteiger partial charge in [0.1, 0.15) is 5.82 Å². The van der Waals surface area contributed by atoms with Crippen molar-refractivity contribution in [1.29, 1.82) is 0 Å². The SMILES string of the molecule is OC(CN1CCN(c2ccc(C(F)(F)F)cn2)CC1)c1ccc(Cl)cc1. The fraction of sp³-hybridized carbons (Fsp3) is 0.389. The minimum absolute atomic E-state index is 0.496. The van der Waals surface area contributed by atoms with Crippen molar-refractivity contribution in [2.45, 2.75) is 12.3 Å². The molecule has 1 N–H and O–H groups in total. The number of aliphatic hydroxyl groups is 1. The summed E-state index contributed by atoms with van der Waals surface area (Å²) in [6, 6.07) is 9.55. The Morgan fingerprint density at radius 2 is 1.69 bits per heavy atom. The zero-order valence-electron chi connectivity index (χ0n) is 14.0. The summed E-state index contributed by atoms with van der Waals surface area (Å²) in [5.41, 5.74) is 0.0622. The fourth-order valence-electron chi connectivity index (χ4n) is 2.94. The molecular weight excluding hydrogens is 367 g/mol. The highest BCUT2D eigenvalue weighted by atomic mass is 35.5. The maximum Gasteiger partial charge on any atom is 0.417 e. The van der Waals surface area contributed by atoms with Crippen molar-refractivity contribution in [3.05, 3.63) is 58.7 Å². The van der Waals surface area contributed by atoms with Gasteiger partial charge in [0.25, 0.3) is 0 Å². The van der Waals surface area contributed by atoms with E-state index in [1.807, 2.05) is 4.90 Å². The molecule has 0 bridgehead atoms. The number of pyridine rings is 1. The lowest BCUT2D eigenvalue weighted by atomic mass is 10.1. The molecule has 3 rings (SSSR count). The average Bonchev–Trinajstić information content (AvgIpc) is 2.62. The van der Waals surface area contributed by atoms with Crippen LogP contribution in [-0.2, 0) is 6.18 Å². The number of aromatic nitrogens is 1. The Balaban J connectivity index is 1.53. The Morgan fingerprint density at radius 1 is 1.04 bits per heavy atom. The Morgan fingerprint density at radius 3 is 2.23 bits per heavy atom. The third-order valence-corrected chi connectivity index (χ3v) is 4.71. The molecule has 4 nitrogen and oxygen atoms in total. The Labute approximate surface area is 154 Å². The molecule has 1 aliphatic rings. The first-order valence-corrected chi connectivity index (χ1v) is 8.65. The minimum Gasteiger partial charge on any atom is -0.387 e. The van der Waals surface area contributed by atoms with Crippen LogP contribution in [-0.4, -0.2) is 47.7 Å². The van der Waals surface area contributed by atoms with Crippen molar-refractivity contribution in [2.24, 2.45) is 0 Å². The van der Waals surface area contributed by atoms with E-state index in [-0.39, 0.29) is 0 Å². The van der Waals surface area contributed by atoms with Crippen LogP contribution in [0.25, 0.3) is 0 Å². The van der Waals surface area contributed by atoms with E-state index in [1.54, 1.807) is 24.3 Å². The lowest BCUT2D eigenvalue weighted by Gasteiger charge is -2.36. The van der Waals surface area contributed by atoms with Gasteiger partial charge in [-0.15, -0.1) is 0 Å². The van der Waals surface area contributed by atoms with E-state index in [2.05, 4.69) is 9.88 Å². The largest absolute Gasteiger partial charge is 0.417 e. The molecule has 0 radical (unpaired) electrons. The molecule has 8 heteroatoms. The first-order valence-electron chi connectivity index (χ1n) is 8.27. The molecule has 0 saturated carbocycles. The van der Waals surface area contributed by atoms with Crippen molar-refractivity contribution < 1.29 is 18.3 Å². The number of hydrogen-bond donors (Lipinski definition) is 1. The standard InChI is InChI=1S/C18H19ClF3N3O/c19-15-4-1-13(2-5-15)16(26)12-24-7-9-25(10-8-24)17-6-3-14(11-23-17)18(20,21)22/h1-6,11,16,26H,7-10,12H2. The third kappa shape index (κ3) is 4.66. The molecule has 2 heterocycles. The molecule has 2 aromatic rings. The smallest absolute Gasteiger partial charge is 0.387 e. The van der Waals surface area contributed by atoms with Gasteiger partial charge in [-0.3, -0.25) is 4.90 Å². The van der Waals surface area contributed by atoms with Crippen molar-refractivity contribution in [3.8, 4) is 0 Å². The van der Waals surface area contributed by atoms with Gasteiger partial charge < -0.3 is 10.0 Å². The van der Waals surface area contributed by atoms with Crippen LogP contribution < -0.4 is 4.90 Å². The van der Waals surface area contributed by atoms with E-state index < -0.39 is 17.8 Å². The second-order valence-corrected chi connectivity index (χ2v) is 6.69. The van der Waals surface area contributed by atoms with Gasteiger partial charge in [-0.05, 0) is 29.8 Å². The molecule has 1 aliphatic heterocycles. The van der Waals surface area contributed by atoms with E-state index in [1.165, 1.54) is 6.07 Å². The van der Waals surface area contributed by atoms with Gasteiger partial charge in [-0.1, -0.05) is 23.7 Å². The van der Waals surface area contributed by atoms with E-state index in [4.69, 9.17) is 11.6 Å².